The highest BCUT2D eigenvalue weighted by Gasteiger charge is 2.18. The molecule has 0 radical (unpaired) electrons. The minimum Gasteiger partial charge on any atom is -0.467 e. The Morgan fingerprint density at radius 2 is 2.06 bits per heavy atom. The molecular weight excluding hydrogens is 462 g/mol. The lowest BCUT2D eigenvalue weighted by molar-refractivity contribution is 0.0949. The number of furan rings is 1. The van der Waals surface area contributed by atoms with Gasteiger partial charge in [-0.2, -0.15) is 0 Å². The van der Waals surface area contributed by atoms with Crippen molar-refractivity contribution >= 4 is 39.1 Å². The monoisotopic (exact) mass is 485 g/mol. The van der Waals surface area contributed by atoms with E-state index in [4.69, 9.17) is 16.0 Å². The first-order chi connectivity index (χ1) is 15.8. The molecule has 3 heterocycles. The van der Waals surface area contributed by atoms with Crippen LogP contribution in [0.15, 0.2) is 64.1 Å². The third-order valence-corrected chi connectivity index (χ3v) is 6.75. The van der Waals surface area contributed by atoms with Gasteiger partial charge in [0, 0.05) is 42.8 Å². The molecule has 0 aliphatic carbocycles. The molecule has 9 heteroatoms. The molecule has 1 atom stereocenters. The second-order valence-corrected chi connectivity index (χ2v) is 9.50. The fourth-order valence-electron chi connectivity index (χ4n) is 3.63. The Hall–Kier alpha value is -2.91. The van der Waals surface area contributed by atoms with Crippen molar-refractivity contribution < 1.29 is 14.3 Å². The molecule has 33 heavy (non-hydrogen) atoms. The average molecular weight is 486 g/mol. The quantitative estimate of drug-likeness (QED) is 0.394. The van der Waals surface area contributed by atoms with Crippen molar-refractivity contribution in [2.75, 3.05) is 13.6 Å². The molecule has 0 saturated heterocycles. The minimum absolute atomic E-state index is 0.102. The fraction of sp³-hybridized carbons (Fsp3) is 0.250. The number of aliphatic hydroxyl groups excluding tert-OH is 1. The molecule has 4 aromatic rings. The van der Waals surface area contributed by atoms with Crippen LogP contribution in [0.4, 0.5) is 0 Å². The number of nitrogens with one attached hydrogen (secondary N) is 1. The van der Waals surface area contributed by atoms with Gasteiger partial charge in [0.1, 0.15) is 22.3 Å². The number of thiophene rings is 1. The minimum atomic E-state index is -0.735. The molecule has 3 aromatic heterocycles. The van der Waals surface area contributed by atoms with Crippen molar-refractivity contribution in [1.29, 1.82) is 0 Å². The van der Waals surface area contributed by atoms with Crippen LogP contribution in [0, 0.1) is 0 Å². The molecule has 7 nitrogen and oxygen atoms in total. The predicted octanol–water partition coefficient (Wildman–Crippen LogP) is 3.94. The number of carbonyl (C=O) groups is 1. The second-order valence-electron chi connectivity index (χ2n) is 7.95. The Morgan fingerprint density at radius 3 is 2.76 bits per heavy atom. The van der Waals surface area contributed by atoms with E-state index in [2.05, 4.69) is 5.32 Å². The number of aliphatic hydroxyl groups is 1. The molecule has 0 fully saturated rings. The van der Waals surface area contributed by atoms with Gasteiger partial charge in [-0.1, -0.05) is 23.7 Å². The summed E-state index contributed by atoms with van der Waals surface area (Å²) in [6.07, 6.45) is 2.37. The maximum Gasteiger partial charge on any atom is 0.257 e. The van der Waals surface area contributed by atoms with Crippen LogP contribution in [0.1, 0.15) is 32.7 Å². The molecule has 172 valence electrons. The summed E-state index contributed by atoms with van der Waals surface area (Å²) in [5.41, 5.74) is 0.700. The number of pyridine rings is 1. The van der Waals surface area contributed by atoms with Crippen LogP contribution >= 0.6 is 22.9 Å². The standard InChI is InChI=1S/C24H24ClN3O4S/c1-27(14-20(29)21-4-3-9-32-21)12-17-10-18-22(30)19(13-28(2)24(18)33-17)23(31)26-11-15-5-7-16(25)8-6-15/h3-10,13,20,29H,11-12,14H2,1-2H3,(H,26,31)/t20-/m0/s1. The number of aryl methyl sites for hydroxylation is 1. The predicted molar refractivity (Wildman–Crippen MR) is 130 cm³/mol. The molecule has 1 aromatic carbocycles. The maximum atomic E-state index is 13.1. The zero-order chi connectivity index (χ0) is 23.5. The molecule has 0 aliphatic heterocycles. The summed E-state index contributed by atoms with van der Waals surface area (Å²) in [6, 6.07) is 12.5. The van der Waals surface area contributed by atoms with E-state index >= 15 is 0 Å². The number of carbonyl (C=O) groups excluding carboxylic acids is 1. The number of hydrogen-bond donors (Lipinski definition) is 2. The number of nitrogens with zero attached hydrogens (tertiary/aromatic N) is 2. The third-order valence-electron chi connectivity index (χ3n) is 5.29. The van der Waals surface area contributed by atoms with Crippen molar-refractivity contribution in [2.45, 2.75) is 19.2 Å². The topological polar surface area (TPSA) is 87.7 Å². The smallest absolute Gasteiger partial charge is 0.257 e. The highest BCUT2D eigenvalue weighted by Crippen LogP contribution is 2.25. The van der Waals surface area contributed by atoms with E-state index in [9.17, 15) is 14.7 Å². The van der Waals surface area contributed by atoms with Crippen LogP contribution in [-0.4, -0.2) is 34.1 Å². The molecule has 0 bridgehead atoms. The highest BCUT2D eigenvalue weighted by molar-refractivity contribution is 7.18. The number of amides is 1. The number of halogens is 1. The Kier molecular flexibility index (Phi) is 6.99. The molecule has 4 rings (SSSR count). The number of likely N-dealkylation sites (N-methyl/N-ethyl adjacent to an activating group) is 1. The molecule has 0 saturated carbocycles. The lowest BCUT2D eigenvalue weighted by atomic mass is 10.2. The zero-order valence-electron chi connectivity index (χ0n) is 18.2. The van der Waals surface area contributed by atoms with Gasteiger partial charge < -0.3 is 19.4 Å². The van der Waals surface area contributed by atoms with E-state index in [0.29, 0.717) is 35.8 Å². The van der Waals surface area contributed by atoms with E-state index in [0.717, 1.165) is 15.3 Å². The second kappa shape index (κ2) is 9.93. The highest BCUT2D eigenvalue weighted by atomic mass is 35.5. The van der Waals surface area contributed by atoms with Gasteiger partial charge in [-0.05, 0) is 42.9 Å². The summed E-state index contributed by atoms with van der Waals surface area (Å²) in [4.78, 5) is 29.5. The van der Waals surface area contributed by atoms with Crippen molar-refractivity contribution in [3.8, 4) is 0 Å². The first-order valence-corrected chi connectivity index (χ1v) is 11.6. The van der Waals surface area contributed by atoms with Gasteiger partial charge >= 0.3 is 0 Å². The number of hydrogen-bond acceptors (Lipinski definition) is 6. The van der Waals surface area contributed by atoms with Crippen LogP contribution in [0.25, 0.3) is 10.2 Å². The van der Waals surface area contributed by atoms with Gasteiger partial charge in [-0.3, -0.25) is 14.5 Å². The van der Waals surface area contributed by atoms with Crippen LogP contribution in [0.5, 0.6) is 0 Å². The molecular formula is C24H24ClN3O4S. The first kappa shape index (κ1) is 23.3. The van der Waals surface area contributed by atoms with Crippen molar-refractivity contribution in [3.05, 3.63) is 91.9 Å². The first-order valence-electron chi connectivity index (χ1n) is 10.4. The van der Waals surface area contributed by atoms with Crippen LogP contribution in [0.3, 0.4) is 0 Å². The van der Waals surface area contributed by atoms with E-state index in [1.165, 1.54) is 17.6 Å². The van der Waals surface area contributed by atoms with Crippen molar-refractivity contribution in [3.63, 3.8) is 0 Å². The average Bonchev–Trinajstić information content (AvgIpc) is 3.46. The van der Waals surface area contributed by atoms with Gasteiger partial charge in [0.2, 0.25) is 5.43 Å². The largest absolute Gasteiger partial charge is 0.467 e. The SMILES string of the molecule is CN(Cc1cc2c(=O)c(C(=O)NCc3ccc(Cl)cc3)cn(C)c2s1)C[C@H](O)c1ccco1. The number of aromatic nitrogens is 1. The van der Waals surface area contributed by atoms with Crippen LogP contribution < -0.4 is 10.7 Å². The third kappa shape index (κ3) is 5.36. The van der Waals surface area contributed by atoms with E-state index in [1.54, 1.807) is 35.0 Å². The molecule has 2 N–H and O–H groups in total. The van der Waals surface area contributed by atoms with E-state index < -0.39 is 12.0 Å². The summed E-state index contributed by atoms with van der Waals surface area (Å²) in [5, 5.41) is 14.2. The van der Waals surface area contributed by atoms with E-state index in [-0.39, 0.29) is 11.0 Å². The van der Waals surface area contributed by atoms with Crippen LogP contribution in [0.2, 0.25) is 5.02 Å². The Labute approximate surface area is 199 Å². The van der Waals surface area contributed by atoms with E-state index in [1.807, 2.05) is 37.2 Å². The summed E-state index contributed by atoms with van der Waals surface area (Å²) in [5.74, 6) is 0.0968. The van der Waals surface area contributed by atoms with Gasteiger partial charge in [-0.25, -0.2) is 0 Å². The van der Waals surface area contributed by atoms with Crippen molar-refractivity contribution in [2.24, 2.45) is 7.05 Å². The summed E-state index contributed by atoms with van der Waals surface area (Å²) in [6.45, 7) is 1.24. The van der Waals surface area contributed by atoms with Gasteiger partial charge in [-0.15, -0.1) is 11.3 Å². The molecule has 0 unspecified atom stereocenters. The molecule has 1 amide bonds. The Morgan fingerprint density at radius 1 is 1.30 bits per heavy atom. The maximum absolute atomic E-state index is 13.1. The number of rotatable bonds is 8. The van der Waals surface area contributed by atoms with Crippen LogP contribution in [-0.2, 0) is 20.1 Å². The fourth-order valence-corrected chi connectivity index (χ4v) is 4.92. The molecule has 0 spiro atoms. The lowest BCUT2D eigenvalue weighted by Gasteiger charge is -2.18. The summed E-state index contributed by atoms with van der Waals surface area (Å²) in [7, 11) is 3.71. The van der Waals surface area contributed by atoms with Gasteiger partial charge in [0.15, 0.2) is 0 Å². The zero-order valence-corrected chi connectivity index (χ0v) is 19.8. The number of fused-ring (bicyclic) bond motifs is 1. The lowest BCUT2D eigenvalue weighted by Crippen LogP contribution is -2.29. The van der Waals surface area contributed by atoms with Crippen molar-refractivity contribution in [1.82, 2.24) is 14.8 Å². The normalized spacial score (nSPS) is 12.4. The molecule has 0 aliphatic rings. The Balaban J connectivity index is 1.49. The summed E-state index contributed by atoms with van der Waals surface area (Å²) < 4.78 is 7.06. The summed E-state index contributed by atoms with van der Waals surface area (Å²) >= 11 is 7.39. The van der Waals surface area contributed by atoms with Gasteiger partial charge in [0.05, 0.1) is 11.6 Å². The van der Waals surface area contributed by atoms with Gasteiger partial charge in [0.25, 0.3) is 5.91 Å². The number of benzene rings is 1. The Bertz CT molecular complexity index is 1310.